The highest BCUT2D eigenvalue weighted by Crippen LogP contribution is 2.44. The molecule has 1 aromatic carbocycles. The van der Waals surface area contributed by atoms with Crippen molar-refractivity contribution in [2.24, 2.45) is 17.1 Å². The van der Waals surface area contributed by atoms with Gasteiger partial charge in [0.15, 0.2) is 5.11 Å². The summed E-state index contributed by atoms with van der Waals surface area (Å²) in [5, 5.41) is 6.43. The van der Waals surface area contributed by atoms with Crippen LogP contribution in [0.15, 0.2) is 24.3 Å². The molecule has 1 heterocycles. The van der Waals surface area contributed by atoms with E-state index in [1.54, 1.807) is 24.3 Å². The monoisotopic (exact) mass is 459 g/mol. The van der Waals surface area contributed by atoms with Gasteiger partial charge in [-0.1, -0.05) is 20.8 Å². The van der Waals surface area contributed by atoms with E-state index in [1.165, 1.54) is 16.2 Å². The van der Waals surface area contributed by atoms with E-state index in [1.807, 2.05) is 6.92 Å². The van der Waals surface area contributed by atoms with Crippen LogP contribution in [0.3, 0.4) is 0 Å². The first-order valence-corrected chi connectivity index (χ1v) is 11.6. The number of nitrogens with one attached hydrogen (secondary N) is 2. The summed E-state index contributed by atoms with van der Waals surface area (Å²) in [7, 11) is 0. The topological polar surface area (TPSA) is 93.4 Å². The van der Waals surface area contributed by atoms with Gasteiger partial charge in [0.1, 0.15) is 10.8 Å². The minimum atomic E-state index is -0.477. The third-order valence-electron chi connectivity index (χ3n) is 5.62. The van der Waals surface area contributed by atoms with Gasteiger partial charge >= 0.3 is 0 Å². The Morgan fingerprint density at radius 3 is 2.52 bits per heavy atom. The molecule has 0 fully saturated rings. The molecule has 2 aromatic rings. The zero-order valence-corrected chi connectivity index (χ0v) is 20.0. The molecule has 3 rings (SSSR count). The smallest absolute Gasteiger partial charge is 0.257 e. The van der Waals surface area contributed by atoms with E-state index >= 15 is 0 Å². The first-order valence-electron chi connectivity index (χ1n) is 10.4. The fourth-order valence-electron chi connectivity index (χ4n) is 3.85. The average Bonchev–Trinajstić information content (AvgIpc) is 3.05. The Morgan fingerprint density at radius 2 is 1.94 bits per heavy atom. The second-order valence-electron chi connectivity index (χ2n) is 8.74. The number of carbonyl (C=O) groups is 2. The Hall–Kier alpha value is -2.45. The first kappa shape index (κ1) is 23.2. The fourth-order valence-corrected chi connectivity index (χ4v) is 5.45. The van der Waals surface area contributed by atoms with E-state index in [9.17, 15) is 9.59 Å². The van der Waals surface area contributed by atoms with Gasteiger partial charge in [0, 0.05) is 10.4 Å². The minimum absolute atomic E-state index is 0.132. The quantitative estimate of drug-likeness (QED) is 0.572. The number of anilines is 1. The second kappa shape index (κ2) is 9.36. The molecule has 166 valence electrons. The second-order valence-corrected chi connectivity index (χ2v) is 10.3. The third kappa shape index (κ3) is 5.43. The summed E-state index contributed by atoms with van der Waals surface area (Å²) in [6, 6.07) is 6.82. The van der Waals surface area contributed by atoms with Crippen LogP contribution in [0.25, 0.3) is 0 Å². The van der Waals surface area contributed by atoms with E-state index in [4.69, 9.17) is 22.7 Å². The molecule has 31 heavy (non-hydrogen) atoms. The number of amides is 2. The van der Waals surface area contributed by atoms with Gasteiger partial charge in [-0.2, -0.15) is 0 Å². The van der Waals surface area contributed by atoms with Crippen molar-refractivity contribution < 1.29 is 14.3 Å². The average molecular weight is 460 g/mol. The van der Waals surface area contributed by atoms with Crippen molar-refractivity contribution >= 4 is 45.5 Å². The number of fused-ring (bicyclic) bond motifs is 1. The van der Waals surface area contributed by atoms with Crippen LogP contribution in [0.2, 0.25) is 0 Å². The van der Waals surface area contributed by atoms with Crippen LogP contribution in [0.5, 0.6) is 5.75 Å². The van der Waals surface area contributed by atoms with Gasteiger partial charge in [0.2, 0.25) is 0 Å². The number of ether oxygens (including phenoxy) is 1. The SMILES string of the molecule is CCOc1ccc(C(=O)NC(=S)Nc2sc3c(c2C(N)=O)CC[C@@H](C(C)(C)C)C3)cc1. The van der Waals surface area contributed by atoms with Crippen molar-refractivity contribution in [3.05, 3.63) is 45.8 Å². The summed E-state index contributed by atoms with van der Waals surface area (Å²) < 4.78 is 5.39. The van der Waals surface area contributed by atoms with Gasteiger partial charge in [-0.05, 0) is 79.6 Å². The van der Waals surface area contributed by atoms with E-state index in [-0.39, 0.29) is 16.4 Å². The summed E-state index contributed by atoms with van der Waals surface area (Å²) in [5.41, 5.74) is 7.86. The number of thiophene rings is 1. The summed E-state index contributed by atoms with van der Waals surface area (Å²) in [5.74, 6) is 0.423. The van der Waals surface area contributed by atoms with Gasteiger partial charge in [-0.25, -0.2) is 0 Å². The molecule has 2 amide bonds. The van der Waals surface area contributed by atoms with Gasteiger partial charge < -0.3 is 15.8 Å². The van der Waals surface area contributed by atoms with Crippen LogP contribution in [0.4, 0.5) is 5.00 Å². The molecule has 1 aromatic heterocycles. The standard InChI is InChI=1S/C23H29N3O3S2/c1-5-29-15-9-6-13(7-10-15)20(28)25-22(30)26-21-18(19(24)27)16-11-8-14(23(2,3)4)12-17(16)31-21/h6-7,9-10,14H,5,8,11-12H2,1-4H3,(H2,24,27)(H2,25,26,28,30)/t14-/m1/s1. The van der Waals surface area contributed by atoms with Gasteiger partial charge in [0.25, 0.3) is 11.8 Å². The molecule has 1 atom stereocenters. The summed E-state index contributed by atoms with van der Waals surface area (Å²) in [4.78, 5) is 25.9. The van der Waals surface area contributed by atoms with Gasteiger partial charge in [-0.15, -0.1) is 11.3 Å². The molecule has 0 saturated heterocycles. The van der Waals surface area contributed by atoms with Gasteiger partial charge in [0.05, 0.1) is 12.2 Å². The molecule has 4 N–H and O–H groups in total. The molecule has 1 aliphatic carbocycles. The Bertz CT molecular complexity index is 991. The molecular formula is C23H29N3O3S2. The number of hydrogen-bond donors (Lipinski definition) is 3. The lowest BCUT2D eigenvalue weighted by Crippen LogP contribution is -2.34. The van der Waals surface area contributed by atoms with Crippen LogP contribution >= 0.6 is 23.6 Å². The molecule has 0 bridgehead atoms. The molecule has 8 heteroatoms. The van der Waals surface area contributed by atoms with Crippen LogP contribution in [-0.4, -0.2) is 23.5 Å². The third-order valence-corrected chi connectivity index (χ3v) is 6.99. The summed E-state index contributed by atoms with van der Waals surface area (Å²) >= 11 is 6.84. The predicted octanol–water partition coefficient (Wildman–Crippen LogP) is 4.52. The number of hydrogen-bond acceptors (Lipinski definition) is 5. The maximum absolute atomic E-state index is 12.5. The number of nitrogens with two attached hydrogens (primary N) is 1. The van der Waals surface area contributed by atoms with Crippen LogP contribution in [-0.2, 0) is 12.8 Å². The molecule has 0 aliphatic heterocycles. The van der Waals surface area contributed by atoms with E-state index in [0.29, 0.717) is 34.4 Å². The Balaban J connectivity index is 1.73. The number of carbonyl (C=O) groups excluding carboxylic acids is 2. The molecule has 0 saturated carbocycles. The lowest BCUT2D eigenvalue weighted by atomic mass is 9.72. The summed E-state index contributed by atoms with van der Waals surface area (Å²) in [6.07, 6.45) is 2.75. The summed E-state index contributed by atoms with van der Waals surface area (Å²) in [6.45, 7) is 9.20. The Kier molecular flexibility index (Phi) is 7.01. The van der Waals surface area contributed by atoms with E-state index in [2.05, 4.69) is 31.4 Å². The lowest BCUT2D eigenvalue weighted by molar-refractivity contribution is 0.0975. The molecule has 0 radical (unpaired) electrons. The van der Waals surface area contributed by atoms with Crippen molar-refractivity contribution in [1.82, 2.24) is 5.32 Å². The minimum Gasteiger partial charge on any atom is -0.494 e. The van der Waals surface area contributed by atoms with Crippen molar-refractivity contribution in [2.75, 3.05) is 11.9 Å². The first-order chi connectivity index (χ1) is 14.6. The number of thiocarbonyl (C=S) groups is 1. The van der Waals surface area contributed by atoms with Gasteiger partial charge in [-0.3, -0.25) is 14.9 Å². The highest BCUT2D eigenvalue weighted by Gasteiger charge is 2.33. The largest absolute Gasteiger partial charge is 0.494 e. The molecule has 6 nitrogen and oxygen atoms in total. The Morgan fingerprint density at radius 1 is 1.26 bits per heavy atom. The zero-order valence-electron chi connectivity index (χ0n) is 18.3. The van der Waals surface area contributed by atoms with Crippen molar-refractivity contribution in [3.63, 3.8) is 0 Å². The van der Waals surface area contributed by atoms with Crippen molar-refractivity contribution in [2.45, 2.75) is 47.0 Å². The van der Waals surface area contributed by atoms with Crippen LogP contribution in [0, 0.1) is 11.3 Å². The lowest BCUT2D eigenvalue weighted by Gasteiger charge is -2.33. The maximum atomic E-state index is 12.5. The van der Waals surface area contributed by atoms with Crippen molar-refractivity contribution in [1.29, 1.82) is 0 Å². The molecule has 0 unspecified atom stereocenters. The number of primary amides is 1. The maximum Gasteiger partial charge on any atom is 0.257 e. The number of rotatable bonds is 5. The molecule has 0 spiro atoms. The highest BCUT2D eigenvalue weighted by molar-refractivity contribution is 7.80. The molecular weight excluding hydrogens is 430 g/mol. The zero-order chi connectivity index (χ0) is 22.8. The predicted molar refractivity (Wildman–Crippen MR) is 129 cm³/mol. The molecule has 1 aliphatic rings. The van der Waals surface area contributed by atoms with Crippen LogP contribution < -0.4 is 21.1 Å². The number of benzene rings is 1. The Labute approximate surface area is 192 Å². The highest BCUT2D eigenvalue weighted by atomic mass is 32.1. The van der Waals surface area contributed by atoms with Crippen molar-refractivity contribution in [3.8, 4) is 5.75 Å². The normalized spacial score (nSPS) is 15.7. The fraction of sp³-hybridized carbons (Fsp3) is 0.435. The van der Waals surface area contributed by atoms with Crippen LogP contribution in [0.1, 0.15) is 65.3 Å². The van der Waals surface area contributed by atoms with E-state index < -0.39 is 5.91 Å². The van der Waals surface area contributed by atoms with E-state index in [0.717, 1.165) is 24.8 Å².